The van der Waals surface area contributed by atoms with Gasteiger partial charge in [0.05, 0.1) is 57.3 Å². The number of H-pyrrole nitrogens is 1. The number of fused-ring (bicyclic) bond motifs is 4. The quantitative estimate of drug-likeness (QED) is 0.172. The molecule has 192 valence electrons. The zero-order valence-electron chi connectivity index (χ0n) is 20.3. The van der Waals surface area contributed by atoms with Crippen LogP contribution in [0.1, 0.15) is 26.4 Å². The lowest BCUT2D eigenvalue weighted by atomic mass is 10.0. The maximum atomic E-state index is 13.7. The standard InChI is InChI=1S/C25H23N3O9/c1-34-15-6-10-5-12(26-18(10)23(36-3)22(15)35-2)24(32)28-8-11(9-29)16-13(28)7-14(30)19-17(16)21(31)20(27-19)25(33)37-4/h5-8,20,26-27,29-30H,9H2,1-4H3. The van der Waals surface area contributed by atoms with E-state index >= 15 is 0 Å². The molecule has 12 nitrogen and oxygen atoms in total. The first-order chi connectivity index (χ1) is 17.8. The highest BCUT2D eigenvalue weighted by molar-refractivity contribution is 6.27. The van der Waals surface area contributed by atoms with Crippen molar-refractivity contribution in [3.8, 4) is 23.0 Å². The Labute approximate surface area is 209 Å². The van der Waals surface area contributed by atoms with Crippen LogP contribution < -0.4 is 19.5 Å². The fourth-order valence-corrected chi connectivity index (χ4v) is 4.77. The Morgan fingerprint density at radius 1 is 1.05 bits per heavy atom. The van der Waals surface area contributed by atoms with Gasteiger partial charge >= 0.3 is 5.97 Å². The highest BCUT2D eigenvalue weighted by atomic mass is 16.5. The van der Waals surface area contributed by atoms with E-state index in [-0.39, 0.29) is 39.2 Å². The number of phenolic OH excluding ortho intramolecular Hbond substituents is 1. The van der Waals surface area contributed by atoms with Gasteiger partial charge in [-0.25, -0.2) is 4.79 Å². The number of ketones is 1. The Balaban J connectivity index is 1.69. The van der Waals surface area contributed by atoms with Crippen molar-refractivity contribution in [2.45, 2.75) is 12.6 Å². The van der Waals surface area contributed by atoms with Gasteiger partial charge in [-0.15, -0.1) is 0 Å². The molecule has 0 aliphatic carbocycles. The van der Waals surface area contributed by atoms with Crippen LogP contribution in [0.2, 0.25) is 0 Å². The van der Waals surface area contributed by atoms with Crippen LogP contribution in [-0.2, 0) is 16.1 Å². The number of methoxy groups -OCH3 is 4. The molecule has 2 aromatic heterocycles. The second-order valence-corrected chi connectivity index (χ2v) is 8.28. The first-order valence-corrected chi connectivity index (χ1v) is 11.0. The molecule has 1 aliphatic rings. The van der Waals surface area contributed by atoms with Gasteiger partial charge in [0.15, 0.2) is 23.3 Å². The summed E-state index contributed by atoms with van der Waals surface area (Å²) < 4.78 is 22.2. The monoisotopic (exact) mass is 509 g/mol. The van der Waals surface area contributed by atoms with E-state index in [1.54, 1.807) is 12.1 Å². The molecule has 1 atom stereocenters. The van der Waals surface area contributed by atoms with Crippen molar-refractivity contribution < 1.29 is 43.5 Å². The second-order valence-electron chi connectivity index (χ2n) is 8.28. The van der Waals surface area contributed by atoms with E-state index in [0.29, 0.717) is 28.2 Å². The summed E-state index contributed by atoms with van der Waals surface area (Å²) >= 11 is 0. The molecule has 5 rings (SSSR count). The number of aromatic hydroxyl groups is 1. The molecule has 0 fully saturated rings. The van der Waals surface area contributed by atoms with Gasteiger partial charge in [-0.2, -0.15) is 0 Å². The number of aliphatic hydroxyl groups is 1. The molecule has 37 heavy (non-hydrogen) atoms. The number of esters is 1. The molecule has 1 unspecified atom stereocenters. The lowest BCUT2D eigenvalue weighted by Gasteiger charge is -2.12. The molecule has 12 heteroatoms. The molecule has 3 heterocycles. The SMILES string of the molecule is COC(=O)C1Nc2c(O)cc3c(c(CO)cn3C(=O)c3cc4cc(OC)c(OC)c(OC)c4[nH]3)c2C1=O. The van der Waals surface area contributed by atoms with Gasteiger partial charge in [0.25, 0.3) is 5.91 Å². The van der Waals surface area contributed by atoms with Crippen molar-refractivity contribution >= 4 is 45.2 Å². The number of phenols is 1. The van der Waals surface area contributed by atoms with Crippen molar-refractivity contribution in [2.24, 2.45) is 0 Å². The predicted molar refractivity (Wildman–Crippen MR) is 131 cm³/mol. The summed E-state index contributed by atoms with van der Waals surface area (Å²) in [5.41, 5.74) is 1.11. The Hall–Kier alpha value is -4.71. The van der Waals surface area contributed by atoms with E-state index in [2.05, 4.69) is 15.0 Å². The van der Waals surface area contributed by atoms with E-state index in [1.807, 2.05) is 0 Å². The number of aromatic amines is 1. The highest BCUT2D eigenvalue weighted by Crippen LogP contribution is 2.44. The van der Waals surface area contributed by atoms with E-state index in [4.69, 9.17) is 14.2 Å². The lowest BCUT2D eigenvalue weighted by Crippen LogP contribution is -2.33. The van der Waals surface area contributed by atoms with Crippen LogP contribution in [0.25, 0.3) is 21.8 Å². The minimum Gasteiger partial charge on any atom is -0.506 e. The number of hydrogen-bond acceptors (Lipinski definition) is 10. The molecule has 4 N–H and O–H groups in total. The van der Waals surface area contributed by atoms with E-state index in [9.17, 15) is 24.6 Å². The Morgan fingerprint density at radius 3 is 2.41 bits per heavy atom. The fourth-order valence-electron chi connectivity index (χ4n) is 4.77. The van der Waals surface area contributed by atoms with Crippen LogP contribution >= 0.6 is 0 Å². The van der Waals surface area contributed by atoms with Gasteiger partial charge in [-0.3, -0.25) is 14.2 Å². The number of nitrogens with zero attached hydrogens (tertiary/aromatic N) is 1. The summed E-state index contributed by atoms with van der Waals surface area (Å²) in [6.45, 7) is -0.501. The molecule has 0 amide bonds. The van der Waals surface area contributed by atoms with Gasteiger partial charge in [-0.05, 0) is 12.1 Å². The van der Waals surface area contributed by atoms with Gasteiger partial charge in [0, 0.05) is 28.6 Å². The third-order valence-corrected chi connectivity index (χ3v) is 6.43. The molecule has 2 aromatic carbocycles. The maximum absolute atomic E-state index is 13.7. The Bertz CT molecular complexity index is 1620. The number of carbonyl (C=O) groups excluding carboxylic acids is 3. The number of Topliss-reactive ketones (excluding diaryl/α,β-unsaturated/α-hetero) is 1. The van der Waals surface area contributed by atoms with E-state index in [0.717, 1.165) is 7.11 Å². The third kappa shape index (κ3) is 3.37. The van der Waals surface area contributed by atoms with Crippen LogP contribution in [0.4, 0.5) is 5.69 Å². The molecule has 1 aliphatic heterocycles. The van der Waals surface area contributed by atoms with Crippen LogP contribution in [0.5, 0.6) is 23.0 Å². The summed E-state index contributed by atoms with van der Waals surface area (Å²) in [6, 6.07) is 3.22. The molecule has 0 saturated carbocycles. The molecular formula is C25H23N3O9. The normalized spacial score (nSPS) is 14.5. The number of nitrogens with one attached hydrogen (secondary N) is 2. The highest BCUT2D eigenvalue weighted by Gasteiger charge is 2.40. The van der Waals surface area contributed by atoms with Crippen LogP contribution in [0.15, 0.2) is 24.4 Å². The first-order valence-electron chi connectivity index (χ1n) is 11.0. The average molecular weight is 509 g/mol. The number of carbonyl (C=O) groups is 3. The maximum Gasteiger partial charge on any atom is 0.336 e. The van der Waals surface area contributed by atoms with Gasteiger partial charge < -0.3 is 39.5 Å². The lowest BCUT2D eigenvalue weighted by molar-refractivity contribution is -0.140. The van der Waals surface area contributed by atoms with Crippen LogP contribution in [-0.4, -0.2) is 71.9 Å². The summed E-state index contributed by atoms with van der Waals surface area (Å²) in [5.74, 6) is -1.26. The van der Waals surface area contributed by atoms with Crippen molar-refractivity contribution in [3.05, 3.63) is 41.2 Å². The zero-order valence-corrected chi connectivity index (χ0v) is 20.3. The van der Waals surface area contributed by atoms with Gasteiger partial charge in [0.2, 0.25) is 5.75 Å². The van der Waals surface area contributed by atoms with Crippen molar-refractivity contribution in [1.29, 1.82) is 0 Å². The van der Waals surface area contributed by atoms with Crippen molar-refractivity contribution in [2.75, 3.05) is 33.8 Å². The van der Waals surface area contributed by atoms with Gasteiger partial charge in [0.1, 0.15) is 11.4 Å². The summed E-state index contributed by atoms with van der Waals surface area (Å²) in [5, 5.41) is 24.2. The molecule has 0 spiro atoms. The van der Waals surface area contributed by atoms with Gasteiger partial charge in [-0.1, -0.05) is 0 Å². The number of aromatic nitrogens is 2. The van der Waals surface area contributed by atoms with Crippen molar-refractivity contribution in [1.82, 2.24) is 9.55 Å². The minimum atomic E-state index is -1.35. The van der Waals surface area contributed by atoms with E-state index < -0.39 is 30.3 Å². The molecule has 0 saturated heterocycles. The predicted octanol–water partition coefficient (Wildman–Crippen LogP) is 2.18. The third-order valence-electron chi connectivity index (χ3n) is 6.43. The Kier molecular flexibility index (Phi) is 5.67. The molecule has 0 radical (unpaired) electrons. The summed E-state index contributed by atoms with van der Waals surface area (Å²) in [6.07, 6.45) is 1.38. The van der Waals surface area contributed by atoms with E-state index in [1.165, 1.54) is 38.2 Å². The number of rotatable bonds is 6. The number of benzene rings is 2. The summed E-state index contributed by atoms with van der Waals surface area (Å²) in [7, 11) is 5.55. The average Bonchev–Trinajstić information content (AvgIpc) is 3.59. The second kappa shape index (κ2) is 8.75. The number of aliphatic hydroxyl groups excluding tert-OH is 1. The fraction of sp³-hybridized carbons (Fsp3) is 0.240. The molecule has 4 aromatic rings. The van der Waals surface area contributed by atoms with Crippen LogP contribution in [0, 0.1) is 0 Å². The van der Waals surface area contributed by atoms with Crippen LogP contribution in [0.3, 0.4) is 0 Å². The van der Waals surface area contributed by atoms with Crippen molar-refractivity contribution in [3.63, 3.8) is 0 Å². The zero-order chi connectivity index (χ0) is 26.6. The number of anilines is 1. The first kappa shape index (κ1) is 24.0. The minimum absolute atomic E-state index is 0.00575. The number of hydrogen-bond donors (Lipinski definition) is 4. The Morgan fingerprint density at radius 2 is 1.78 bits per heavy atom. The molecular weight excluding hydrogens is 486 g/mol. The number of ether oxygens (including phenoxy) is 4. The smallest absolute Gasteiger partial charge is 0.336 e. The topological polar surface area (TPSA) is 161 Å². The molecule has 0 bridgehead atoms. The summed E-state index contributed by atoms with van der Waals surface area (Å²) in [4.78, 5) is 41.9. The largest absolute Gasteiger partial charge is 0.506 e.